The van der Waals surface area contributed by atoms with Gasteiger partial charge in [0.2, 0.25) is 0 Å². The van der Waals surface area contributed by atoms with E-state index in [0.717, 1.165) is 24.2 Å². The van der Waals surface area contributed by atoms with Crippen LogP contribution in [-0.2, 0) is 0 Å². The molecule has 1 aliphatic heterocycles. The van der Waals surface area contributed by atoms with Gasteiger partial charge in [-0.05, 0) is 62.8 Å². The molecule has 3 heteroatoms. The topological polar surface area (TPSA) is 49.7 Å². The molecule has 2 bridgehead atoms. The molecule has 2 N–H and O–H groups in total. The van der Waals surface area contributed by atoms with Gasteiger partial charge in [-0.3, -0.25) is 0 Å². The van der Waals surface area contributed by atoms with Gasteiger partial charge in [0, 0.05) is 24.2 Å². The summed E-state index contributed by atoms with van der Waals surface area (Å²) in [4.78, 5) is 0. The van der Waals surface area contributed by atoms with Gasteiger partial charge in [0.1, 0.15) is 11.4 Å². The normalized spacial score (nSPS) is 35.2. The van der Waals surface area contributed by atoms with Crippen molar-refractivity contribution < 1.29 is 14.9 Å². The average molecular weight is 316 g/mol. The number of ether oxygens (including phenoxy) is 1. The molecule has 0 saturated heterocycles. The van der Waals surface area contributed by atoms with Crippen molar-refractivity contribution in [1.82, 2.24) is 0 Å². The molecule has 126 valence electrons. The molecular formula is C20H28O3. The van der Waals surface area contributed by atoms with E-state index in [4.69, 9.17) is 9.84 Å². The van der Waals surface area contributed by atoms with Crippen LogP contribution in [0.1, 0.15) is 92.9 Å². The summed E-state index contributed by atoms with van der Waals surface area (Å²) in [7, 11) is 0. The summed E-state index contributed by atoms with van der Waals surface area (Å²) in [5.74, 6) is 2.27. The first-order valence-electron chi connectivity index (χ1n) is 9.26. The highest BCUT2D eigenvalue weighted by molar-refractivity contribution is 5.53. The summed E-state index contributed by atoms with van der Waals surface area (Å²) >= 11 is 0. The second-order valence-corrected chi connectivity index (χ2v) is 7.99. The van der Waals surface area contributed by atoms with Crippen LogP contribution in [0.4, 0.5) is 0 Å². The average Bonchev–Trinajstić information content (AvgIpc) is 2.87. The predicted octanol–water partition coefficient (Wildman–Crippen LogP) is 4.18. The summed E-state index contributed by atoms with van der Waals surface area (Å²) in [5.41, 5.74) is 3.51. The molecule has 1 fully saturated rings. The highest BCUT2D eigenvalue weighted by Gasteiger charge is 2.41. The standard InChI is InChI=1S/C20H28O3/c1-20(10-3-11-21)12-17(22)16-9-8-15-13-4-2-5-14(7-6-13)18(15)19(16)23-20/h8-9,13-14,17,21-22H,2-7,10-12H2,1H3. The molecular weight excluding hydrogens is 288 g/mol. The fraction of sp³-hybridized carbons (Fsp3) is 0.700. The maximum Gasteiger partial charge on any atom is 0.129 e. The van der Waals surface area contributed by atoms with Crippen LogP contribution in [0.5, 0.6) is 5.75 Å². The number of hydrogen-bond acceptors (Lipinski definition) is 3. The van der Waals surface area contributed by atoms with Crippen molar-refractivity contribution >= 4 is 0 Å². The Balaban J connectivity index is 1.78. The SMILES string of the molecule is CC1(CCCO)CC(O)c2ccc3c(c2O1)C1CCCC3CC1. The van der Waals surface area contributed by atoms with Gasteiger partial charge in [-0.2, -0.15) is 0 Å². The van der Waals surface area contributed by atoms with E-state index < -0.39 is 6.10 Å². The van der Waals surface area contributed by atoms with Gasteiger partial charge >= 0.3 is 0 Å². The monoisotopic (exact) mass is 316 g/mol. The molecule has 1 saturated carbocycles. The second kappa shape index (κ2) is 5.78. The van der Waals surface area contributed by atoms with E-state index >= 15 is 0 Å². The van der Waals surface area contributed by atoms with Gasteiger partial charge in [-0.25, -0.2) is 0 Å². The molecule has 0 amide bonds. The number of benzene rings is 1. The maximum absolute atomic E-state index is 10.7. The molecule has 5 rings (SSSR count). The van der Waals surface area contributed by atoms with Gasteiger partial charge in [0.25, 0.3) is 0 Å². The van der Waals surface area contributed by atoms with Crippen LogP contribution >= 0.6 is 0 Å². The summed E-state index contributed by atoms with van der Waals surface area (Å²) in [6, 6.07) is 4.37. The molecule has 1 aromatic rings. The van der Waals surface area contributed by atoms with Crippen LogP contribution in [0.2, 0.25) is 0 Å². The third-order valence-corrected chi connectivity index (χ3v) is 6.27. The van der Waals surface area contributed by atoms with Gasteiger partial charge in [-0.1, -0.05) is 18.6 Å². The fourth-order valence-corrected chi connectivity index (χ4v) is 5.10. The largest absolute Gasteiger partial charge is 0.487 e. The van der Waals surface area contributed by atoms with Crippen LogP contribution < -0.4 is 4.74 Å². The summed E-state index contributed by atoms with van der Waals surface area (Å²) < 4.78 is 6.53. The van der Waals surface area contributed by atoms with Gasteiger partial charge in [0.15, 0.2) is 0 Å². The first kappa shape index (κ1) is 15.5. The zero-order valence-electron chi connectivity index (χ0n) is 14.1. The third-order valence-electron chi connectivity index (χ3n) is 6.27. The highest BCUT2D eigenvalue weighted by Crippen LogP contribution is 2.54. The molecule has 0 spiro atoms. The predicted molar refractivity (Wildman–Crippen MR) is 89.9 cm³/mol. The molecule has 4 aliphatic rings. The van der Waals surface area contributed by atoms with Crippen molar-refractivity contribution in [3.63, 3.8) is 0 Å². The third kappa shape index (κ3) is 2.58. The van der Waals surface area contributed by atoms with E-state index in [9.17, 15) is 5.11 Å². The lowest BCUT2D eigenvalue weighted by molar-refractivity contribution is -0.0119. The minimum absolute atomic E-state index is 0.180. The zero-order valence-corrected chi connectivity index (χ0v) is 14.1. The second-order valence-electron chi connectivity index (χ2n) is 7.99. The number of rotatable bonds is 3. The quantitative estimate of drug-likeness (QED) is 0.879. The summed E-state index contributed by atoms with van der Waals surface area (Å²) in [6.07, 6.45) is 8.11. The molecule has 1 aromatic carbocycles. The Morgan fingerprint density at radius 3 is 2.70 bits per heavy atom. The Kier molecular flexibility index (Phi) is 3.89. The molecule has 23 heavy (non-hydrogen) atoms. The van der Waals surface area contributed by atoms with E-state index in [1.165, 1.54) is 43.2 Å². The summed E-state index contributed by atoms with van der Waals surface area (Å²) in [5, 5.41) is 19.9. The highest BCUT2D eigenvalue weighted by atomic mass is 16.5. The lowest BCUT2D eigenvalue weighted by atomic mass is 9.75. The zero-order chi connectivity index (χ0) is 16.0. The summed E-state index contributed by atoms with van der Waals surface area (Å²) in [6.45, 7) is 2.27. The smallest absolute Gasteiger partial charge is 0.129 e. The molecule has 1 heterocycles. The van der Waals surface area contributed by atoms with Gasteiger partial charge < -0.3 is 14.9 Å². The molecule has 3 nitrogen and oxygen atoms in total. The number of aliphatic hydroxyl groups is 2. The van der Waals surface area contributed by atoms with E-state index in [-0.39, 0.29) is 12.2 Å². The van der Waals surface area contributed by atoms with Gasteiger partial charge in [-0.15, -0.1) is 0 Å². The lowest BCUT2D eigenvalue weighted by Crippen LogP contribution is -2.39. The molecule has 3 aliphatic carbocycles. The van der Waals surface area contributed by atoms with E-state index in [1.54, 1.807) is 0 Å². The van der Waals surface area contributed by atoms with Crippen molar-refractivity contribution in [3.8, 4) is 5.75 Å². The molecule has 4 unspecified atom stereocenters. The van der Waals surface area contributed by atoms with Crippen LogP contribution in [0.25, 0.3) is 0 Å². The number of hydrogen-bond donors (Lipinski definition) is 2. The Bertz CT molecular complexity index is 593. The first-order valence-corrected chi connectivity index (χ1v) is 9.26. The molecule has 4 atom stereocenters. The Morgan fingerprint density at radius 2 is 1.87 bits per heavy atom. The molecule has 0 aromatic heterocycles. The van der Waals surface area contributed by atoms with Crippen LogP contribution in [0.15, 0.2) is 12.1 Å². The van der Waals surface area contributed by atoms with Crippen molar-refractivity contribution in [2.45, 2.75) is 81.8 Å². The van der Waals surface area contributed by atoms with Crippen LogP contribution in [0.3, 0.4) is 0 Å². The molecule has 0 radical (unpaired) electrons. The Labute approximate surface area is 138 Å². The minimum Gasteiger partial charge on any atom is -0.487 e. The van der Waals surface area contributed by atoms with E-state index in [2.05, 4.69) is 19.1 Å². The van der Waals surface area contributed by atoms with Crippen molar-refractivity contribution in [1.29, 1.82) is 0 Å². The fourth-order valence-electron chi connectivity index (χ4n) is 5.10. The Hall–Kier alpha value is -1.06. The maximum atomic E-state index is 10.7. The Morgan fingerprint density at radius 1 is 1.13 bits per heavy atom. The van der Waals surface area contributed by atoms with Crippen LogP contribution in [0, 0.1) is 0 Å². The first-order chi connectivity index (χ1) is 11.1. The van der Waals surface area contributed by atoms with E-state index in [1.807, 2.05) is 0 Å². The number of fused-ring (bicyclic) bond motifs is 4. The minimum atomic E-state index is -0.450. The number of aliphatic hydroxyl groups excluding tert-OH is 2. The van der Waals surface area contributed by atoms with Gasteiger partial charge in [0.05, 0.1) is 6.10 Å². The van der Waals surface area contributed by atoms with Crippen LogP contribution in [-0.4, -0.2) is 22.4 Å². The van der Waals surface area contributed by atoms with E-state index in [0.29, 0.717) is 18.3 Å². The van der Waals surface area contributed by atoms with Crippen molar-refractivity contribution in [3.05, 3.63) is 28.8 Å². The van der Waals surface area contributed by atoms with Crippen molar-refractivity contribution in [2.24, 2.45) is 0 Å². The lowest BCUT2D eigenvalue weighted by Gasteiger charge is -2.41. The van der Waals surface area contributed by atoms with Crippen molar-refractivity contribution in [2.75, 3.05) is 6.61 Å².